The predicted octanol–water partition coefficient (Wildman–Crippen LogP) is 3.45. The predicted molar refractivity (Wildman–Crippen MR) is 101 cm³/mol. The summed E-state index contributed by atoms with van der Waals surface area (Å²) in [6.45, 7) is 1.32. The lowest BCUT2D eigenvalue weighted by atomic mass is 10.1. The molecule has 0 atom stereocenters. The Labute approximate surface area is 165 Å². The Balaban J connectivity index is 2.15. The SMILES string of the molecule is CCOc1cc(C(=O)OCC(=O)Nc2cccc(Cl)c2)c([N+](=O)[O-])cc1OC. The first-order valence-corrected chi connectivity index (χ1v) is 8.45. The number of nitro groups is 1. The van der Waals surface area contributed by atoms with Gasteiger partial charge in [-0.25, -0.2) is 4.79 Å². The van der Waals surface area contributed by atoms with Crippen molar-refractivity contribution in [3.05, 3.63) is 57.1 Å². The summed E-state index contributed by atoms with van der Waals surface area (Å²) in [4.78, 5) is 34.8. The number of rotatable bonds is 8. The van der Waals surface area contributed by atoms with E-state index in [1.807, 2.05) is 0 Å². The van der Waals surface area contributed by atoms with Crippen molar-refractivity contribution in [2.45, 2.75) is 6.92 Å². The number of carbonyl (C=O) groups excluding carboxylic acids is 2. The topological polar surface area (TPSA) is 117 Å². The molecule has 0 saturated carbocycles. The summed E-state index contributed by atoms with van der Waals surface area (Å²) in [5.41, 5.74) is -0.465. The fourth-order valence-corrected chi connectivity index (χ4v) is 2.45. The first kappa shape index (κ1) is 21.0. The standard InChI is InChI=1S/C18H17ClN2O7/c1-3-27-16-8-13(14(21(24)25)9-15(16)26-2)18(23)28-10-17(22)20-12-6-4-5-11(19)7-12/h4-9H,3,10H2,1-2H3,(H,20,22). The van der Waals surface area contributed by atoms with E-state index < -0.39 is 29.1 Å². The number of hydrogen-bond acceptors (Lipinski definition) is 7. The molecule has 0 unspecified atom stereocenters. The van der Waals surface area contributed by atoms with Crippen LogP contribution in [0.15, 0.2) is 36.4 Å². The molecule has 0 radical (unpaired) electrons. The molecule has 0 aromatic heterocycles. The van der Waals surface area contributed by atoms with Crippen molar-refractivity contribution in [1.82, 2.24) is 0 Å². The van der Waals surface area contributed by atoms with E-state index in [2.05, 4.69) is 5.32 Å². The van der Waals surface area contributed by atoms with Gasteiger partial charge in [0.15, 0.2) is 18.1 Å². The first-order chi connectivity index (χ1) is 13.3. The lowest BCUT2D eigenvalue weighted by molar-refractivity contribution is -0.385. The van der Waals surface area contributed by atoms with Crippen molar-refractivity contribution < 1.29 is 28.7 Å². The summed E-state index contributed by atoms with van der Waals surface area (Å²) in [6, 6.07) is 8.61. The Bertz CT molecular complexity index is 901. The highest BCUT2D eigenvalue weighted by atomic mass is 35.5. The molecule has 9 nitrogen and oxygen atoms in total. The van der Waals surface area contributed by atoms with Crippen LogP contribution in [0, 0.1) is 10.1 Å². The van der Waals surface area contributed by atoms with Gasteiger partial charge in [-0.1, -0.05) is 17.7 Å². The second-order valence-electron chi connectivity index (χ2n) is 5.34. The van der Waals surface area contributed by atoms with Crippen LogP contribution in [0.1, 0.15) is 17.3 Å². The van der Waals surface area contributed by atoms with E-state index in [4.69, 9.17) is 25.8 Å². The van der Waals surface area contributed by atoms with Gasteiger partial charge in [-0.2, -0.15) is 0 Å². The Kier molecular flexibility index (Phi) is 7.16. The smallest absolute Gasteiger partial charge is 0.345 e. The number of amides is 1. The molecule has 10 heteroatoms. The Morgan fingerprint density at radius 3 is 2.57 bits per heavy atom. The van der Waals surface area contributed by atoms with Crippen LogP contribution < -0.4 is 14.8 Å². The fourth-order valence-electron chi connectivity index (χ4n) is 2.26. The number of methoxy groups -OCH3 is 1. The van der Waals surface area contributed by atoms with Crippen LogP contribution in [0.5, 0.6) is 11.5 Å². The number of esters is 1. The summed E-state index contributed by atoms with van der Waals surface area (Å²) < 4.78 is 15.3. The number of halogens is 1. The largest absolute Gasteiger partial charge is 0.493 e. The van der Waals surface area contributed by atoms with Gasteiger partial charge in [0.05, 0.1) is 24.7 Å². The molecule has 148 valence electrons. The van der Waals surface area contributed by atoms with E-state index in [0.717, 1.165) is 12.1 Å². The highest BCUT2D eigenvalue weighted by molar-refractivity contribution is 6.30. The van der Waals surface area contributed by atoms with E-state index in [-0.39, 0.29) is 23.7 Å². The molecule has 0 fully saturated rings. The zero-order valence-electron chi connectivity index (χ0n) is 15.1. The van der Waals surface area contributed by atoms with Gasteiger partial charge in [-0.05, 0) is 25.1 Å². The van der Waals surface area contributed by atoms with Crippen molar-refractivity contribution >= 4 is 34.9 Å². The van der Waals surface area contributed by atoms with Crippen molar-refractivity contribution in [3.63, 3.8) is 0 Å². The molecule has 0 aliphatic heterocycles. The maximum atomic E-state index is 12.3. The van der Waals surface area contributed by atoms with Crippen LogP contribution in [-0.2, 0) is 9.53 Å². The molecule has 1 N–H and O–H groups in total. The van der Waals surface area contributed by atoms with E-state index >= 15 is 0 Å². The molecule has 0 aliphatic carbocycles. The summed E-state index contributed by atoms with van der Waals surface area (Å²) in [5.74, 6) is -1.43. The molecular weight excluding hydrogens is 392 g/mol. The van der Waals surface area contributed by atoms with Crippen molar-refractivity contribution in [3.8, 4) is 11.5 Å². The Morgan fingerprint density at radius 2 is 1.96 bits per heavy atom. The maximum absolute atomic E-state index is 12.3. The van der Waals surface area contributed by atoms with Crippen molar-refractivity contribution in [2.75, 3.05) is 25.6 Å². The van der Waals surface area contributed by atoms with Crippen LogP contribution >= 0.6 is 11.6 Å². The van der Waals surface area contributed by atoms with E-state index in [9.17, 15) is 19.7 Å². The molecule has 0 saturated heterocycles. The minimum Gasteiger partial charge on any atom is -0.493 e. The lowest BCUT2D eigenvalue weighted by Crippen LogP contribution is -2.21. The summed E-state index contributed by atoms with van der Waals surface area (Å²) >= 11 is 5.83. The zero-order chi connectivity index (χ0) is 20.7. The monoisotopic (exact) mass is 408 g/mol. The third kappa shape index (κ3) is 5.34. The van der Waals surface area contributed by atoms with Gasteiger partial charge in [0, 0.05) is 16.8 Å². The second kappa shape index (κ2) is 9.56. The van der Waals surface area contributed by atoms with Crippen molar-refractivity contribution in [1.29, 1.82) is 0 Å². The van der Waals surface area contributed by atoms with Crippen LogP contribution in [0.4, 0.5) is 11.4 Å². The lowest BCUT2D eigenvalue weighted by Gasteiger charge is -2.12. The van der Waals surface area contributed by atoms with Gasteiger partial charge in [0.25, 0.3) is 11.6 Å². The third-order valence-electron chi connectivity index (χ3n) is 3.44. The average Bonchev–Trinajstić information content (AvgIpc) is 2.65. The highest BCUT2D eigenvalue weighted by Gasteiger charge is 2.26. The van der Waals surface area contributed by atoms with Gasteiger partial charge in [-0.15, -0.1) is 0 Å². The summed E-state index contributed by atoms with van der Waals surface area (Å²) in [6.07, 6.45) is 0. The number of benzene rings is 2. The van der Waals surface area contributed by atoms with E-state index in [0.29, 0.717) is 10.7 Å². The molecule has 28 heavy (non-hydrogen) atoms. The molecule has 2 aromatic rings. The number of carbonyl (C=O) groups is 2. The van der Waals surface area contributed by atoms with Gasteiger partial charge in [0.2, 0.25) is 0 Å². The molecule has 0 spiro atoms. The number of hydrogen-bond donors (Lipinski definition) is 1. The van der Waals surface area contributed by atoms with Gasteiger partial charge in [-0.3, -0.25) is 14.9 Å². The second-order valence-corrected chi connectivity index (χ2v) is 5.78. The molecule has 0 aliphatic rings. The van der Waals surface area contributed by atoms with Crippen LogP contribution in [0.3, 0.4) is 0 Å². The Hall–Kier alpha value is -3.33. The normalized spacial score (nSPS) is 10.1. The number of nitro benzene ring substituents is 1. The molecule has 2 rings (SSSR count). The minimum absolute atomic E-state index is 0.101. The van der Waals surface area contributed by atoms with E-state index in [1.165, 1.54) is 13.2 Å². The highest BCUT2D eigenvalue weighted by Crippen LogP contribution is 2.35. The van der Waals surface area contributed by atoms with Gasteiger partial charge < -0.3 is 19.5 Å². The number of ether oxygens (including phenoxy) is 3. The molecule has 0 bridgehead atoms. The number of nitrogens with one attached hydrogen (secondary N) is 1. The minimum atomic E-state index is -1.04. The summed E-state index contributed by atoms with van der Waals surface area (Å²) in [7, 11) is 1.32. The van der Waals surface area contributed by atoms with E-state index in [1.54, 1.807) is 25.1 Å². The summed E-state index contributed by atoms with van der Waals surface area (Å²) in [5, 5.41) is 14.2. The van der Waals surface area contributed by atoms with Crippen LogP contribution in [-0.4, -0.2) is 37.1 Å². The molecular formula is C18H17ClN2O7. The van der Waals surface area contributed by atoms with Gasteiger partial charge >= 0.3 is 5.97 Å². The molecule has 0 heterocycles. The fraction of sp³-hybridized carbons (Fsp3) is 0.222. The van der Waals surface area contributed by atoms with Gasteiger partial charge in [0.1, 0.15) is 5.56 Å². The number of anilines is 1. The first-order valence-electron chi connectivity index (χ1n) is 8.07. The number of nitrogens with zero attached hydrogens (tertiary/aromatic N) is 1. The maximum Gasteiger partial charge on any atom is 0.345 e. The molecule has 1 amide bonds. The quantitative estimate of drug-likeness (QED) is 0.403. The Morgan fingerprint density at radius 1 is 1.21 bits per heavy atom. The van der Waals surface area contributed by atoms with Crippen molar-refractivity contribution in [2.24, 2.45) is 0 Å². The average molecular weight is 409 g/mol. The zero-order valence-corrected chi connectivity index (χ0v) is 15.8. The van der Waals surface area contributed by atoms with Crippen LogP contribution in [0.2, 0.25) is 5.02 Å². The third-order valence-corrected chi connectivity index (χ3v) is 3.68. The van der Waals surface area contributed by atoms with Crippen LogP contribution in [0.25, 0.3) is 0 Å². The molecule has 2 aromatic carbocycles.